The lowest BCUT2D eigenvalue weighted by atomic mass is 10.1. The van der Waals surface area contributed by atoms with Crippen LogP contribution in [0, 0.1) is 0 Å². The summed E-state index contributed by atoms with van der Waals surface area (Å²) in [6.45, 7) is 5.50. The van der Waals surface area contributed by atoms with Crippen LogP contribution in [-0.2, 0) is 0 Å². The van der Waals surface area contributed by atoms with E-state index in [2.05, 4.69) is 19.2 Å². The van der Waals surface area contributed by atoms with Crippen molar-refractivity contribution in [1.82, 2.24) is 5.32 Å². The molecule has 0 rings (SSSR count). The quantitative estimate of drug-likeness (QED) is 0.263. The molecular formula is C19H41NO. The molecular weight excluding hydrogens is 258 g/mol. The van der Waals surface area contributed by atoms with Gasteiger partial charge in [-0.15, -0.1) is 0 Å². The maximum absolute atomic E-state index is 9.85. The van der Waals surface area contributed by atoms with Crippen LogP contribution in [0.3, 0.4) is 0 Å². The Labute approximate surface area is 134 Å². The van der Waals surface area contributed by atoms with Crippen LogP contribution < -0.4 is 5.32 Å². The molecule has 0 aromatic rings. The van der Waals surface area contributed by atoms with Crippen molar-refractivity contribution < 1.29 is 5.11 Å². The van der Waals surface area contributed by atoms with Gasteiger partial charge in [0.1, 0.15) is 6.23 Å². The fraction of sp³-hybridized carbons (Fsp3) is 1.00. The van der Waals surface area contributed by atoms with E-state index in [1.165, 1.54) is 83.5 Å². The van der Waals surface area contributed by atoms with Crippen molar-refractivity contribution in [2.45, 2.75) is 116 Å². The van der Waals surface area contributed by atoms with E-state index in [4.69, 9.17) is 0 Å². The van der Waals surface area contributed by atoms with Crippen LogP contribution in [-0.4, -0.2) is 17.9 Å². The molecule has 0 radical (unpaired) electrons. The van der Waals surface area contributed by atoms with E-state index < -0.39 is 0 Å². The Morgan fingerprint density at radius 3 is 1.57 bits per heavy atom. The molecule has 0 aliphatic carbocycles. The molecule has 0 saturated heterocycles. The maximum Gasteiger partial charge on any atom is 0.104 e. The topological polar surface area (TPSA) is 32.3 Å². The van der Waals surface area contributed by atoms with Gasteiger partial charge in [0.25, 0.3) is 0 Å². The molecule has 128 valence electrons. The van der Waals surface area contributed by atoms with Crippen LogP contribution in [0.4, 0.5) is 0 Å². The summed E-state index contributed by atoms with van der Waals surface area (Å²) in [5, 5.41) is 13.1. The van der Waals surface area contributed by atoms with Gasteiger partial charge in [0.2, 0.25) is 0 Å². The van der Waals surface area contributed by atoms with Gasteiger partial charge in [-0.05, 0) is 25.8 Å². The average Bonchev–Trinajstić information content (AvgIpc) is 2.49. The summed E-state index contributed by atoms with van der Waals surface area (Å²) in [7, 11) is 0. The highest BCUT2D eigenvalue weighted by Gasteiger charge is 2.02. The summed E-state index contributed by atoms with van der Waals surface area (Å²) in [6, 6.07) is 0. The SMILES string of the molecule is CCCCCCCCCNC(O)CCCCCCCCC. The lowest BCUT2D eigenvalue weighted by Gasteiger charge is -2.12. The van der Waals surface area contributed by atoms with Gasteiger partial charge < -0.3 is 5.11 Å². The lowest BCUT2D eigenvalue weighted by Crippen LogP contribution is -2.29. The van der Waals surface area contributed by atoms with Gasteiger partial charge in [0.15, 0.2) is 0 Å². The maximum atomic E-state index is 9.85. The van der Waals surface area contributed by atoms with Crippen LogP contribution in [0.1, 0.15) is 110 Å². The van der Waals surface area contributed by atoms with Gasteiger partial charge in [-0.2, -0.15) is 0 Å². The third kappa shape index (κ3) is 17.9. The Kier molecular flexibility index (Phi) is 17.9. The fourth-order valence-electron chi connectivity index (χ4n) is 2.75. The molecule has 2 N–H and O–H groups in total. The number of rotatable bonds is 17. The second-order valence-electron chi connectivity index (χ2n) is 6.50. The van der Waals surface area contributed by atoms with E-state index in [0.717, 1.165) is 19.4 Å². The Hall–Kier alpha value is -0.0800. The number of aliphatic hydroxyl groups excluding tert-OH is 1. The van der Waals surface area contributed by atoms with Crippen molar-refractivity contribution in [2.24, 2.45) is 0 Å². The smallest absolute Gasteiger partial charge is 0.104 e. The van der Waals surface area contributed by atoms with Crippen molar-refractivity contribution in [3.63, 3.8) is 0 Å². The molecule has 21 heavy (non-hydrogen) atoms. The molecule has 1 unspecified atom stereocenters. The Bertz CT molecular complexity index is 184. The van der Waals surface area contributed by atoms with Crippen molar-refractivity contribution in [3.8, 4) is 0 Å². The van der Waals surface area contributed by atoms with Crippen molar-refractivity contribution in [3.05, 3.63) is 0 Å². The summed E-state index contributed by atoms with van der Waals surface area (Å²) in [4.78, 5) is 0. The standard InChI is InChI=1S/C19H41NO/c1-3-5-7-9-11-13-15-17-19(21)20-18-16-14-12-10-8-6-4-2/h19-21H,3-18H2,1-2H3. The minimum Gasteiger partial charge on any atom is -0.379 e. The molecule has 0 saturated carbocycles. The third-order valence-corrected chi connectivity index (χ3v) is 4.24. The number of unbranched alkanes of at least 4 members (excludes halogenated alkanes) is 12. The molecule has 0 fully saturated rings. The molecule has 2 heteroatoms. The van der Waals surface area contributed by atoms with E-state index in [-0.39, 0.29) is 6.23 Å². The number of nitrogens with one attached hydrogen (secondary N) is 1. The molecule has 0 amide bonds. The van der Waals surface area contributed by atoms with E-state index in [1.807, 2.05) is 0 Å². The summed E-state index contributed by atoms with van der Waals surface area (Å²) >= 11 is 0. The number of hydrogen-bond acceptors (Lipinski definition) is 2. The minimum atomic E-state index is -0.277. The first kappa shape index (κ1) is 20.9. The van der Waals surface area contributed by atoms with Crippen molar-refractivity contribution >= 4 is 0 Å². The second-order valence-corrected chi connectivity index (χ2v) is 6.50. The van der Waals surface area contributed by atoms with Crippen LogP contribution in [0.2, 0.25) is 0 Å². The highest BCUT2D eigenvalue weighted by atomic mass is 16.3. The number of hydrogen-bond donors (Lipinski definition) is 2. The first-order valence-electron chi connectivity index (χ1n) is 9.72. The van der Waals surface area contributed by atoms with Crippen LogP contribution in [0.15, 0.2) is 0 Å². The van der Waals surface area contributed by atoms with E-state index in [9.17, 15) is 5.11 Å². The van der Waals surface area contributed by atoms with Crippen molar-refractivity contribution in [2.75, 3.05) is 6.54 Å². The molecule has 0 heterocycles. The number of aliphatic hydroxyl groups is 1. The molecule has 1 atom stereocenters. The zero-order valence-corrected chi connectivity index (χ0v) is 14.8. The van der Waals surface area contributed by atoms with Gasteiger partial charge in [0.05, 0.1) is 0 Å². The Balaban J connectivity index is 3.11. The highest BCUT2D eigenvalue weighted by Crippen LogP contribution is 2.09. The molecule has 2 nitrogen and oxygen atoms in total. The van der Waals surface area contributed by atoms with Crippen LogP contribution in [0.5, 0.6) is 0 Å². The summed E-state index contributed by atoms with van der Waals surface area (Å²) in [5.41, 5.74) is 0. The second kappa shape index (κ2) is 18.0. The molecule has 0 bridgehead atoms. The van der Waals surface area contributed by atoms with Crippen LogP contribution >= 0.6 is 0 Å². The molecule has 0 aliphatic heterocycles. The van der Waals surface area contributed by atoms with Gasteiger partial charge >= 0.3 is 0 Å². The zero-order valence-electron chi connectivity index (χ0n) is 14.8. The monoisotopic (exact) mass is 299 g/mol. The Morgan fingerprint density at radius 1 is 0.619 bits per heavy atom. The molecule has 0 aromatic carbocycles. The summed E-state index contributed by atoms with van der Waals surface area (Å²) in [6.07, 6.45) is 19.2. The third-order valence-electron chi connectivity index (χ3n) is 4.24. The van der Waals surface area contributed by atoms with Gasteiger partial charge in [-0.25, -0.2) is 0 Å². The largest absolute Gasteiger partial charge is 0.379 e. The molecule has 0 spiro atoms. The van der Waals surface area contributed by atoms with E-state index >= 15 is 0 Å². The van der Waals surface area contributed by atoms with Gasteiger partial charge in [-0.1, -0.05) is 90.9 Å². The lowest BCUT2D eigenvalue weighted by molar-refractivity contribution is 0.124. The summed E-state index contributed by atoms with van der Waals surface area (Å²) < 4.78 is 0. The Morgan fingerprint density at radius 2 is 1.05 bits per heavy atom. The predicted octanol–water partition coefficient (Wildman–Crippen LogP) is 5.79. The predicted molar refractivity (Wildman–Crippen MR) is 94.6 cm³/mol. The fourth-order valence-corrected chi connectivity index (χ4v) is 2.75. The molecule has 0 aromatic heterocycles. The van der Waals surface area contributed by atoms with Crippen molar-refractivity contribution in [1.29, 1.82) is 0 Å². The molecule has 0 aliphatic rings. The highest BCUT2D eigenvalue weighted by molar-refractivity contribution is 4.56. The first-order valence-corrected chi connectivity index (χ1v) is 9.72. The zero-order chi connectivity index (χ0) is 15.6. The van der Waals surface area contributed by atoms with Gasteiger partial charge in [0, 0.05) is 0 Å². The normalized spacial score (nSPS) is 12.7. The van der Waals surface area contributed by atoms with Crippen LogP contribution in [0.25, 0.3) is 0 Å². The first-order chi connectivity index (χ1) is 10.3. The summed E-state index contributed by atoms with van der Waals surface area (Å²) in [5.74, 6) is 0. The van der Waals surface area contributed by atoms with E-state index in [1.54, 1.807) is 0 Å². The minimum absolute atomic E-state index is 0.277. The van der Waals surface area contributed by atoms with E-state index in [0.29, 0.717) is 0 Å². The average molecular weight is 300 g/mol. The van der Waals surface area contributed by atoms with Gasteiger partial charge in [-0.3, -0.25) is 5.32 Å².